The lowest BCUT2D eigenvalue weighted by Crippen LogP contribution is -2.05. The van der Waals surface area contributed by atoms with Crippen molar-refractivity contribution in [2.45, 2.75) is 32.7 Å². The number of nitrogens with one attached hydrogen (secondary N) is 1. The molecule has 1 aromatic heterocycles. The van der Waals surface area contributed by atoms with Crippen LogP contribution in [0.5, 0.6) is 0 Å². The molecule has 1 N–H and O–H groups in total. The van der Waals surface area contributed by atoms with Crippen molar-refractivity contribution in [2.75, 3.05) is 0 Å². The van der Waals surface area contributed by atoms with Crippen molar-refractivity contribution in [1.29, 1.82) is 5.26 Å². The number of nitrogens with zero attached hydrogens (tertiary/aromatic N) is 3. The molecule has 3 aromatic rings. The van der Waals surface area contributed by atoms with E-state index in [-0.39, 0.29) is 0 Å². The highest BCUT2D eigenvalue weighted by atomic mass is 32.1. The van der Waals surface area contributed by atoms with Gasteiger partial charge in [0.2, 0.25) is 0 Å². The molecule has 0 radical (unpaired) electrons. The number of aryl methyl sites for hydroxylation is 1. The van der Waals surface area contributed by atoms with Gasteiger partial charge in [0.25, 0.3) is 0 Å². The summed E-state index contributed by atoms with van der Waals surface area (Å²) in [6, 6.07) is 18.2. The van der Waals surface area contributed by atoms with Crippen LogP contribution in [0.15, 0.2) is 48.5 Å². The van der Waals surface area contributed by atoms with Crippen molar-refractivity contribution < 1.29 is 0 Å². The third-order valence-electron chi connectivity index (χ3n) is 4.24. The van der Waals surface area contributed by atoms with Gasteiger partial charge in [0, 0.05) is 6.42 Å². The number of aromatic amines is 1. The van der Waals surface area contributed by atoms with E-state index < -0.39 is 0 Å². The van der Waals surface area contributed by atoms with Crippen LogP contribution in [0.3, 0.4) is 0 Å². The van der Waals surface area contributed by atoms with E-state index in [9.17, 15) is 5.26 Å². The van der Waals surface area contributed by atoms with Crippen LogP contribution in [0.4, 0.5) is 0 Å². The van der Waals surface area contributed by atoms with Gasteiger partial charge in [0.05, 0.1) is 18.2 Å². The first kappa shape index (κ1) is 17.1. The summed E-state index contributed by atoms with van der Waals surface area (Å²) in [5.74, 6) is 1.01. The number of hydrogen-bond acceptors (Lipinski definition) is 3. The van der Waals surface area contributed by atoms with Crippen molar-refractivity contribution >= 4 is 12.2 Å². The molecule has 25 heavy (non-hydrogen) atoms. The predicted molar refractivity (Wildman–Crippen MR) is 102 cm³/mol. The highest BCUT2D eigenvalue weighted by Crippen LogP contribution is 2.23. The lowest BCUT2D eigenvalue weighted by Gasteiger charge is -2.09. The zero-order valence-corrected chi connectivity index (χ0v) is 15.0. The fourth-order valence-corrected chi connectivity index (χ4v) is 3.06. The zero-order chi connectivity index (χ0) is 17.6. The first-order valence-electron chi connectivity index (χ1n) is 8.45. The van der Waals surface area contributed by atoms with Gasteiger partial charge in [0.15, 0.2) is 4.77 Å². The third kappa shape index (κ3) is 3.86. The lowest BCUT2D eigenvalue weighted by atomic mass is 9.99. The summed E-state index contributed by atoms with van der Waals surface area (Å²) in [7, 11) is 0. The van der Waals surface area contributed by atoms with Crippen molar-refractivity contribution in [3.05, 3.63) is 70.3 Å². The minimum absolute atomic E-state index is 0.657. The first-order valence-corrected chi connectivity index (χ1v) is 8.86. The van der Waals surface area contributed by atoms with E-state index in [0.717, 1.165) is 41.8 Å². The molecular formula is C20H20N4S. The van der Waals surface area contributed by atoms with E-state index >= 15 is 0 Å². The monoisotopic (exact) mass is 348 g/mol. The summed E-state index contributed by atoms with van der Waals surface area (Å²) in [4.78, 5) is 0. The summed E-state index contributed by atoms with van der Waals surface area (Å²) in [5.41, 5.74) is 3.85. The normalized spacial score (nSPS) is 10.6. The van der Waals surface area contributed by atoms with Crippen LogP contribution < -0.4 is 0 Å². The Balaban J connectivity index is 1.84. The molecule has 4 nitrogen and oxygen atoms in total. The van der Waals surface area contributed by atoms with E-state index in [1.807, 2.05) is 24.3 Å². The molecule has 126 valence electrons. The standard InChI is InChI=1S/C20H20N4S/c1-2-3-8-19-22-23-20(25)24(19)14-15-9-11-16(12-10-15)18-7-5-4-6-17(18)13-21/h4-7,9-12H,2-3,8,14H2,1H3,(H,23,25). The molecule has 0 saturated carbocycles. The molecule has 0 atom stereocenters. The van der Waals surface area contributed by atoms with E-state index in [1.54, 1.807) is 0 Å². The van der Waals surface area contributed by atoms with Gasteiger partial charge in [-0.3, -0.25) is 9.67 Å². The predicted octanol–water partition coefficient (Wildman–Crippen LogP) is 4.87. The van der Waals surface area contributed by atoms with E-state index in [0.29, 0.717) is 16.9 Å². The van der Waals surface area contributed by atoms with E-state index in [1.165, 1.54) is 0 Å². The first-order chi connectivity index (χ1) is 12.2. The maximum Gasteiger partial charge on any atom is 0.195 e. The Morgan fingerprint density at radius 3 is 2.64 bits per heavy atom. The molecule has 0 unspecified atom stereocenters. The minimum atomic E-state index is 0.657. The molecule has 5 heteroatoms. The quantitative estimate of drug-likeness (QED) is 0.647. The molecule has 0 spiro atoms. The van der Waals surface area contributed by atoms with Crippen molar-refractivity contribution in [2.24, 2.45) is 0 Å². The summed E-state index contributed by atoms with van der Waals surface area (Å²) < 4.78 is 2.72. The van der Waals surface area contributed by atoms with Gasteiger partial charge in [-0.15, -0.1) is 0 Å². The Morgan fingerprint density at radius 1 is 1.16 bits per heavy atom. The highest BCUT2D eigenvalue weighted by molar-refractivity contribution is 7.71. The van der Waals surface area contributed by atoms with Crippen LogP contribution in [0.2, 0.25) is 0 Å². The van der Waals surface area contributed by atoms with Crippen LogP contribution in [0.25, 0.3) is 11.1 Å². The Bertz CT molecular complexity index is 945. The topological polar surface area (TPSA) is 57.4 Å². The molecule has 3 rings (SSSR count). The molecule has 0 saturated heterocycles. The molecule has 0 aliphatic heterocycles. The molecule has 0 aliphatic rings. The van der Waals surface area contributed by atoms with Crippen LogP contribution in [0.1, 0.15) is 36.7 Å². The zero-order valence-electron chi connectivity index (χ0n) is 14.2. The average Bonchev–Trinajstić information content (AvgIpc) is 3.00. The molecule has 0 bridgehead atoms. The second-order valence-electron chi connectivity index (χ2n) is 5.99. The Labute approximate surface area is 152 Å². The smallest absolute Gasteiger partial charge is 0.195 e. The van der Waals surface area contributed by atoms with Gasteiger partial charge in [0.1, 0.15) is 5.82 Å². The molecule has 0 fully saturated rings. The number of hydrogen-bond donors (Lipinski definition) is 1. The van der Waals surface area contributed by atoms with Gasteiger partial charge in [-0.2, -0.15) is 10.4 Å². The Morgan fingerprint density at radius 2 is 1.92 bits per heavy atom. The van der Waals surface area contributed by atoms with E-state index in [4.69, 9.17) is 12.2 Å². The molecule has 2 aromatic carbocycles. The fraction of sp³-hybridized carbons (Fsp3) is 0.250. The number of rotatable bonds is 6. The number of H-pyrrole nitrogens is 1. The van der Waals surface area contributed by atoms with Gasteiger partial charge >= 0.3 is 0 Å². The minimum Gasteiger partial charge on any atom is -0.300 e. The molecule has 0 amide bonds. The van der Waals surface area contributed by atoms with Crippen molar-refractivity contribution in [1.82, 2.24) is 14.8 Å². The second kappa shape index (κ2) is 7.91. The highest BCUT2D eigenvalue weighted by Gasteiger charge is 2.08. The number of aromatic nitrogens is 3. The molecule has 1 heterocycles. The Hall–Kier alpha value is -2.71. The molecule has 0 aliphatic carbocycles. The Kier molecular flexibility index (Phi) is 5.42. The maximum absolute atomic E-state index is 9.26. The maximum atomic E-state index is 9.26. The van der Waals surface area contributed by atoms with Crippen LogP contribution >= 0.6 is 12.2 Å². The summed E-state index contributed by atoms with van der Waals surface area (Å²) in [6.45, 7) is 2.87. The number of nitriles is 1. The summed E-state index contributed by atoms with van der Waals surface area (Å²) in [6.07, 6.45) is 3.16. The van der Waals surface area contributed by atoms with Gasteiger partial charge in [-0.05, 0) is 41.4 Å². The lowest BCUT2D eigenvalue weighted by molar-refractivity contribution is 0.673. The van der Waals surface area contributed by atoms with Crippen molar-refractivity contribution in [3.63, 3.8) is 0 Å². The average molecular weight is 348 g/mol. The van der Waals surface area contributed by atoms with Gasteiger partial charge < -0.3 is 0 Å². The SMILES string of the molecule is CCCCc1n[nH]c(=S)n1Cc1ccc(-c2ccccc2C#N)cc1. The largest absolute Gasteiger partial charge is 0.300 e. The number of unbranched alkanes of at least 4 members (excludes halogenated alkanes) is 1. The van der Waals surface area contributed by atoms with E-state index in [2.05, 4.69) is 52.0 Å². The van der Waals surface area contributed by atoms with Gasteiger partial charge in [-0.1, -0.05) is 55.8 Å². The molecular weight excluding hydrogens is 328 g/mol. The second-order valence-corrected chi connectivity index (χ2v) is 6.38. The number of benzene rings is 2. The van der Waals surface area contributed by atoms with Crippen LogP contribution in [-0.2, 0) is 13.0 Å². The summed E-state index contributed by atoms with van der Waals surface area (Å²) in [5, 5.41) is 16.5. The van der Waals surface area contributed by atoms with Gasteiger partial charge in [-0.25, -0.2) is 0 Å². The fourth-order valence-electron chi connectivity index (χ4n) is 2.84. The van der Waals surface area contributed by atoms with Crippen LogP contribution in [0, 0.1) is 16.1 Å². The van der Waals surface area contributed by atoms with Crippen LogP contribution in [-0.4, -0.2) is 14.8 Å². The van der Waals surface area contributed by atoms with Crippen molar-refractivity contribution in [3.8, 4) is 17.2 Å². The summed E-state index contributed by atoms with van der Waals surface area (Å²) >= 11 is 5.37. The third-order valence-corrected chi connectivity index (χ3v) is 4.56.